The zero-order valence-electron chi connectivity index (χ0n) is 12.1. The van der Waals surface area contributed by atoms with E-state index in [1.807, 2.05) is 30.3 Å². The molecule has 0 saturated heterocycles. The van der Waals surface area contributed by atoms with Crippen LogP contribution in [-0.2, 0) is 15.8 Å². The van der Waals surface area contributed by atoms with E-state index in [1.165, 1.54) is 0 Å². The lowest BCUT2D eigenvalue weighted by atomic mass is 10.2. The molecule has 0 atom stereocenters. The Balaban J connectivity index is 1.95. The van der Waals surface area contributed by atoms with Crippen LogP contribution in [0.5, 0.6) is 0 Å². The van der Waals surface area contributed by atoms with Crippen molar-refractivity contribution in [2.45, 2.75) is 5.75 Å². The minimum Gasteiger partial charge on any atom is -0.383 e. The summed E-state index contributed by atoms with van der Waals surface area (Å²) < 4.78 is 26.9. The van der Waals surface area contributed by atoms with Crippen LogP contribution >= 0.6 is 15.9 Å². The molecule has 0 aliphatic rings. The van der Waals surface area contributed by atoms with Gasteiger partial charge in [0.15, 0.2) is 0 Å². The molecule has 0 unspecified atom stereocenters. The van der Waals surface area contributed by atoms with Crippen molar-refractivity contribution in [2.75, 3.05) is 5.73 Å². The Hall–Kier alpha value is -2.12. The van der Waals surface area contributed by atoms with Crippen LogP contribution < -0.4 is 5.73 Å². The third-order valence-corrected chi connectivity index (χ3v) is 5.35. The van der Waals surface area contributed by atoms with E-state index in [9.17, 15) is 8.42 Å². The highest BCUT2D eigenvalue weighted by molar-refractivity contribution is 9.10. The summed E-state index contributed by atoms with van der Waals surface area (Å²) in [6, 6.07) is 17.9. The van der Waals surface area contributed by atoms with Gasteiger partial charge in [0, 0.05) is 16.1 Å². The average Bonchev–Trinajstić information content (AvgIpc) is 2.91. The van der Waals surface area contributed by atoms with E-state index in [0.29, 0.717) is 11.3 Å². The molecule has 7 heteroatoms. The van der Waals surface area contributed by atoms with Gasteiger partial charge in [0.2, 0.25) is 0 Å². The Morgan fingerprint density at radius 3 is 2.35 bits per heavy atom. The predicted molar refractivity (Wildman–Crippen MR) is 94.2 cm³/mol. The minimum atomic E-state index is -3.67. The second-order valence-corrected chi connectivity index (χ2v) is 7.76. The highest BCUT2D eigenvalue weighted by Crippen LogP contribution is 2.24. The van der Waals surface area contributed by atoms with Gasteiger partial charge in [0.25, 0.3) is 10.0 Å². The molecule has 0 amide bonds. The molecule has 0 bridgehead atoms. The number of nitrogens with two attached hydrogens (primary N) is 1. The standard InChI is InChI=1S/C16H14BrN3O2S/c17-14-8-6-13(7-9-14)15-10-16(18)20(19-15)23(21,22)11-12-4-2-1-3-5-12/h1-10H,11,18H2. The van der Waals surface area contributed by atoms with E-state index in [1.54, 1.807) is 30.3 Å². The summed E-state index contributed by atoms with van der Waals surface area (Å²) in [7, 11) is -3.67. The molecule has 0 radical (unpaired) electrons. The zero-order valence-corrected chi connectivity index (χ0v) is 14.5. The maximum atomic E-state index is 12.5. The smallest absolute Gasteiger partial charge is 0.259 e. The van der Waals surface area contributed by atoms with E-state index in [-0.39, 0.29) is 11.6 Å². The lowest BCUT2D eigenvalue weighted by molar-refractivity contribution is 0.580. The van der Waals surface area contributed by atoms with Crippen LogP contribution in [0, 0.1) is 0 Å². The molecule has 0 spiro atoms. The lowest BCUT2D eigenvalue weighted by Gasteiger charge is -2.06. The molecule has 0 fully saturated rings. The first kappa shape index (κ1) is 15.8. The highest BCUT2D eigenvalue weighted by atomic mass is 79.9. The van der Waals surface area contributed by atoms with Gasteiger partial charge in [-0.1, -0.05) is 58.4 Å². The third-order valence-electron chi connectivity index (χ3n) is 3.30. The molecule has 5 nitrogen and oxygen atoms in total. The molecule has 118 valence electrons. The van der Waals surface area contributed by atoms with Gasteiger partial charge in [-0.15, -0.1) is 4.09 Å². The van der Waals surface area contributed by atoms with Crippen molar-refractivity contribution in [2.24, 2.45) is 0 Å². The molecule has 2 N–H and O–H groups in total. The largest absolute Gasteiger partial charge is 0.383 e. The van der Waals surface area contributed by atoms with Crippen molar-refractivity contribution in [3.8, 4) is 11.3 Å². The van der Waals surface area contributed by atoms with Gasteiger partial charge >= 0.3 is 0 Å². The number of halogens is 1. The van der Waals surface area contributed by atoms with Crippen molar-refractivity contribution in [3.05, 3.63) is 70.7 Å². The number of nitrogens with zero attached hydrogens (tertiary/aromatic N) is 2. The van der Waals surface area contributed by atoms with Crippen LogP contribution in [0.1, 0.15) is 5.56 Å². The monoisotopic (exact) mass is 391 g/mol. The Labute approximate surface area is 142 Å². The first-order valence-corrected chi connectivity index (χ1v) is 9.24. The summed E-state index contributed by atoms with van der Waals surface area (Å²) in [5.41, 5.74) is 7.87. The Bertz CT molecular complexity index is 920. The van der Waals surface area contributed by atoms with Gasteiger partial charge in [-0.05, 0) is 17.7 Å². The molecule has 3 aromatic rings. The summed E-state index contributed by atoms with van der Waals surface area (Å²) in [6.07, 6.45) is 0. The number of hydrogen-bond acceptors (Lipinski definition) is 4. The number of anilines is 1. The van der Waals surface area contributed by atoms with Crippen LogP contribution in [0.2, 0.25) is 0 Å². The molecule has 2 aromatic carbocycles. The molecule has 3 rings (SSSR count). The maximum absolute atomic E-state index is 12.5. The van der Waals surface area contributed by atoms with Crippen LogP contribution in [0.3, 0.4) is 0 Å². The Morgan fingerprint density at radius 1 is 1.04 bits per heavy atom. The molecule has 23 heavy (non-hydrogen) atoms. The number of benzene rings is 2. The van der Waals surface area contributed by atoms with Crippen molar-refractivity contribution in [1.82, 2.24) is 9.19 Å². The summed E-state index contributed by atoms with van der Waals surface area (Å²) in [5, 5.41) is 4.17. The van der Waals surface area contributed by atoms with Gasteiger partial charge in [-0.2, -0.15) is 5.10 Å². The molecular formula is C16H14BrN3O2S. The van der Waals surface area contributed by atoms with Crippen LogP contribution in [0.25, 0.3) is 11.3 Å². The molecular weight excluding hydrogens is 378 g/mol. The lowest BCUT2D eigenvalue weighted by Crippen LogP contribution is -2.18. The van der Waals surface area contributed by atoms with Crippen LogP contribution in [-0.4, -0.2) is 17.6 Å². The summed E-state index contributed by atoms with van der Waals surface area (Å²) in [5.74, 6) is -0.0571. The summed E-state index contributed by atoms with van der Waals surface area (Å²) >= 11 is 3.36. The second kappa shape index (κ2) is 6.17. The second-order valence-electron chi connectivity index (χ2n) is 5.05. The SMILES string of the molecule is Nc1cc(-c2ccc(Br)cc2)nn1S(=O)(=O)Cc1ccccc1. The number of nitrogen functional groups attached to an aromatic ring is 1. The van der Waals surface area contributed by atoms with Crippen molar-refractivity contribution >= 4 is 31.8 Å². The zero-order chi connectivity index (χ0) is 16.4. The Morgan fingerprint density at radius 2 is 1.70 bits per heavy atom. The van der Waals surface area contributed by atoms with E-state index in [2.05, 4.69) is 21.0 Å². The predicted octanol–water partition coefficient (Wildman–Crippen LogP) is 3.27. The van der Waals surface area contributed by atoms with Crippen molar-refractivity contribution in [1.29, 1.82) is 0 Å². The molecule has 0 aliphatic carbocycles. The number of hydrogen-bond donors (Lipinski definition) is 1. The third kappa shape index (κ3) is 3.46. The topological polar surface area (TPSA) is 78.0 Å². The van der Waals surface area contributed by atoms with Crippen LogP contribution in [0.4, 0.5) is 5.82 Å². The van der Waals surface area contributed by atoms with E-state index >= 15 is 0 Å². The van der Waals surface area contributed by atoms with Gasteiger partial charge in [0.1, 0.15) is 5.82 Å². The summed E-state index contributed by atoms with van der Waals surface area (Å²) in [4.78, 5) is 0. The number of rotatable bonds is 4. The highest BCUT2D eigenvalue weighted by Gasteiger charge is 2.20. The van der Waals surface area contributed by atoms with Gasteiger partial charge < -0.3 is 5.73 Å². The van der Waals surface area contributed by atoms with Gasteiger partial charge in [-0.3, -0.25) is 0 Å². The van der Waals surface area contributed by atoms with E-state index in [4.69, 9.17) is 5.73 Å². The number of aromatic nitrogens is 2. The van der Waals surface area contributed by atoms with Crippen LogP contribution in [0.15, 0.2) is 65.1 Å². The van der Waals surface area contributed by atoms with Gasteiger partial charge in [0.05, 0.1) is 11.4 Å². The molecule has 0 aliphatic heterocycles. The minimum absolute atomic E-state index is 0.0962. The molecule has 1 aromatic heterocycles. The Kier molecular flexibility index (Phi) is 4.23. The first-order chi connectivity index (χ1) is 11.0. The molecule has 1 heterocycles. The van der Waals surface area contributed by atoms with Crippen molar-refractivity contribution in [3.63, 3.8) is 0 Å². The van der Waals surface area contributed by atoms with Crippen molar-refractivity contribution < 1.29 is 8.42 Å². The van der Waals surface area contributed by atoms with E-state index < -0.39 is 10.0 Å². The fourth-order valence-corrected chi connectivity index (χ4v) is 3.80. The van der Waals surface area contributed by atoms with E-state index in [0.717, 1.165) is 14.1 Å². The fraction of sp³-hybridized carbons (Fsp3) is 0.0625. The van der Waals surface area contributed by atoms with Gasteiger partial charge in [-0.25, -0.2) is 8.42 Å². The first-order valence-electron chi connectivity index (χ1n) is 6.84. The quantitative estimate of drug-likeness (QED) is 0.739. The summed E-state index contributed by atoms with van der Waals surface area (Å²) in [6.45, 7) is 0. The normalized spacial score (nSPS) is 11.5. The maximum Gasteiger partial charge on any atom is 0.259 e. The molecule has 0 saturated carbocycles. The fourth-order valence-electron chi connectivity index (χ4n) is 2.21. The average molecular weight is 392 g/mol.